The van der Waals surface area contributed by atoms with Gasteiger partial charge in [0, 0.05) is 12.6 Å². The number of aromatic nitrogens is 2. The highest BCUT2D eigenvalue weighted by molar-refractivity contribution is 5.68. The Morgan fingerprint density at radius 1 is 1.45 bits per heavy atom. The van der Waals surface area contributed by atoms with E-state index in [0.29, 0.717) is 18.0 Å². The standard InChI is InChI=1S/C13H21N3O4/c1-13(2,3)20-12(18)16-10(8-17)5-9-6-14-7-11(15-9)19-4/h6-7,10,17H,5,8H2,1-4H3,(H,16,18)/t10-/m1/s1. The fraction of sp³-hybridized carbons (Fsp3) is 0.615. The second kappa shape index (κ2) is 7.04. The molecule has 1 aromatic heterocycles. The zero-order chi connectivity index (χ0) is 15.2. The van der Waals surface area contributed by atoms with Crippen molar-refractivity contribution in [1.29, 1.82) is 0 Å². The quantitative estimate of drug-likeness (QED) is 0.834. The highest BCUT2D eigenvalue weighted by atomic mass is 16.6. The van der Waals surface area contributed by atoms with E-state index in [4.69, 9.17) is 9.47 Å². The van der Waals surface area contributed by atoms with Crippen molar-refractivity contribution in [3.63, 3.8) is 0 Å². The first-order chi connectivity index (χ1) is 9.34. The average molecular weight is 283 g/mol. The molecule has 1 amide bonds. The van der Waals surface area contributed by atoms with Gasteiger partial charge < -0.3 is 19.9 Å². The van der Waals surface area contributed by atoms with Gasteiger partial charge in [-0.1, -0.05) is 0 Å². The monoisotopic (exact) mass is 283 g/mol. The first-order valence-electron chi connectivity index (χ1n) is 6.29. The van der Waals surface area contributed by atoms with Crippen LogP contribution in [0.4, 0.5) is 4.79 Å². The number of aliphatic hydroxyl groups excluding tert-OH is 1. The van der Waals surface area contributed by atoms with Gasteiger partial charge in [0.25, 0.3) is 0 Å². The Morgan fingerprint density at radius 3 is 2.70 bits per heavy atom. The number of hydrogen-bond acceptors (Lipinski definition) is 6. The summed E-state index contributed by atoms with van der Waals surface area (Å²) < 4.78 is 10.1. The molecule has 0 aliphatic rings. The number of rotatable bonds is 5. The number of nitrogens with one attached hydrogen (secondary N) is 1. The van der Waals surface area contributed by atoms with Crippen molar-refractivity contribution in [2.75, 3.05) is 13.7 Å². The van der Waals surface area contributed by atoms with Gasteiger partial charge in [0.2, 0.25) is 5.88 Å². The summed E-state index contributed by atoms with van der Waals surface area (Å²) in [6, 6.07) is -0.494. The molecule has 0 fully saturated rings. The van der Waals surface area contributed by atoms with Gasteiger partial charge in [-0.25, -0.2) is 9.78 Å². The molecule has 0 radical (unpaired) electrons. The minimum atomic E-state index is -0.583. The molecule has 0 spiro atoms. The second-order valence-electron chi connectivity index (χ2n) is 5.28. The van der Waals surface area contributed by atoms with Gasteiger partial charge in [-0.2, -0.15) is 0 Å². The van der Waals surface area contributed by atoms with E-state index < -0.39 is 17.7 Å². The number of methoxy groups -OCH3 is 1. The summed E-state index contributed by atoms with van der Waals surface area (Å²) in [5.74, 6) is 0.386. The van der Waals surface area contributed by atoms with E-state index in [1.54, 1.807) is 27.0 Å². The number of hydrogen-bond donors (Lipinski definition) is 2. The Morgan fingerprint density at radius 2 is 2.15 bits per heavy atom. The van der Waals surface area contributed by atoms with Gasteiger partial charge in [-0.15, -0.1) is 0 Å². The smallest absolute Gasteiger partial charge is 0.407 e. The Labute approximate surface area is 118 Å². The maximum Gasteiger partial charge on any atom is 0.407 e. The molecule has 2 N–H and O–H groups in total. The zero-order valence-electron chi connectivity index (χ0n) is 12.2. The van der Waals surface area contributed by atoms with Crippen LogP contribution in [0, 0.1) is 0 Å². The Bertz CT molecular complexity index is 445. The molecule has 0 aliphatic carbocycles. The van der Waals surface area contributed by atoms with E-state index in [0.717, 1.165) is 0 Å². The summed E-state index contributed by atoms with van der Waals surface area (Å²) in [4.78, 5) is 19.8. The van der Waals surface area contributed by atoms with Crippen molar-refractivity contribution in [2.24, 2.45) is 0 Å². The molecule has 0 bridgehead atoms. The number of amides is 1. The first kappa shape index (κ1) is 16.2. The van der Waals surface area contributed by atoms with Gasteiger partial charge in [-0.3, -0.25) is 4.98 Å². The maximum absolute atomic E-state index is 11.6. The Kier molecular flexibility index (Phi) is 5.69. The van der Waals surface area contributed by atoms with Crippen molar-refractivity contribution in [3.8, 4) is 5.88 Å². The van der Waals surface area contributed by atoms with Gasteiger partial charge in [0.1, 0.15) is 5.60 Å². The lowest BCUT2D eigenvalue weighted by atomic mass is 10.2. The third-order valence-corrected chi connectivity index (χ3v) is 2.27. The third-order valence-electron chi connectivity index (χ3n) is 2.27. The van der Waals surface area contributed by atoms with Crippen molar-refractivity contribution in [3.05, 3.63) is 18.1 Å². The number of carbonyl (C=O) groups is 1. The molecular formula is C13H21N3O4. The summed E-state index contributed by atoms with van der Waals surface area (Å²) in [6.07, 6.45) is 2.80. The van der Waals surface area contributed by atoms with Crippen molar-refractivity contribution in [1.82, 2.24) is 15.3 Å². The Balaban J connectivity index is 2.60. The fourth-order valence-electron chi connectivity index (χ4n) is 1.47. The van der Waals surface area contributed by atoms with E-state index >= 15 is 0 Å². The SMILES string of the molecule is COc1cncc(C[C@H](CO)NC(=O)OC(C)(C)C)n1. The van der Waals surface area contributed by atoms with Crippen LogP contribution in [0.1, 0.15) is 26.5 Å². The minimum absolute atomic E-state index is 0.224. The average Bonchev–Trinajstić information content (AvgIpc) is 2.36. The molecule has 7 heteroatoms. The van der Waals surface area contributed by atoms with Crippen LogP contribution in [-0.2, 0) is 11.2 Å². The second-order valence-corrected chi connectivity index (χ2v) is 5.28. The van der Waals surface area contributed by atoms with Crippen LogP contribution in [-0.4, -0.2) is 46.5 Å². The highest BCUT2D eigenvalue weighted by Gasteiger charge is 2.19. The van der Waals surface area contributed by atoms with Gasteiger partial charge in [0.05, 0.1) is 31.6 Å². The van der Waals surface area contributed by atoms with Crippen LogP contribution in [0.5, 0.6) is 5.88 Å². The molecule has 0 saturated heterocycles. The molecule has 1 heterocycles. The molecule has 20 heavy (non-hydrogen) atoms. The number of nitrogens with zero attached hydrogens (tertiary/aromatic N) is 2. The summed E-state index contributed by atoms with van der Waals surface area (Å²) in [7, 11) is 1.50. The minimum Gasteiger partial charge on any atom is -0.480 e. The molecule has 0 saturated carbocycles. The van der Waals surface area contributed by atoms with E-state index in [1.807, 2.05) is 0 Å². The van der Waals surface area contributed by atoms with Crippen LogP contribution in [0.15, 0.2) is 12.4 Å². The lowest BCUT2D eigenvalue weighted by Gasteiger charge is -2.22. The van der Waals surface area contributed by atoms with Gasteiger partial charge >= 0.3 is 6.09 Å². The lowest BCUT2D eigenvalue weighted by Crippen LogP contribution is -2.42. The molecule has 112 valence electrons. The number of carbonyl (C=O) groups excluding carboxylic acids is 1. The largest absolute Gasteiger partial charge is 0.480 e. The van der Waals surface area contributed by atoms with Crippen molar-refractivity contribution in [2.45, 2.75) is 38.8 Å². The number of alkyl carbamates (subject to hydrolysis) is 1. The fourth-order valence-corrected chi connectivity index (χ4v) is 1.47. The molecule has 0 unspecified atom stereocenters. The van der Waals surface area contributed by atoms with E-state index in [2.05, 4.69) is 15.3 Å². The van der Waals surface area contributed by atoms with Crippen LogP contribution >= 0.6 is 0 Å². The maximum atomic E-state index is 11.6. The van der Waals surface area contributed by atoms with Crippen molar-refractivity contribution < 1.29 is 19.4 Å². The van der Waals surface area contributed by atoms with Crippen LogP contribution in [0.3, 0.4) is 0 Å². The summed E-state index contributed by atoms with van der Waals surface area (Å²) >= 11 is 0. The topological polar surface area (TPSA) is 93.6 Å². The van der Waals surface area contributed by atoms with Crippen LogP contribution in [0.25, 0.3) is 0 Å². The molecule has 1 atom stereocenters. The summed E-state index contributed by atoms with van der Waals surface area (Å²) in [6.45, 7) is 5.09. The summed E-state index contributed by atoms with van der Waals surface area (Å²) in [5, 5.41) is 11.9. The van der Waals surface area contributed by atoms with Crippen LogP contribution < -0.4 is 10.1 Å². The van der Waals surface area contributed by atoms with Crippen molar-refractivity contribution >= 4 is 6.09 Å². The Hall–Kier alpha value is -1.89. The van der Waals surface area contributed by atoms with E-state index in [1.165, 1.54) is 13.3 Å². The molecule has 7 nitrogen and oxygen atoms in total. The molecule has 0 aliphatic heterocycles. The molecule has 0 aromatic carbocycles. The van der Waals surface area contributed by atoms with Crippen LogP contribution in [0.2, 0.25) is 0 Å². The third kappa shape index (κ3) is 5.83. The van der Waals surface area contributed by atoms with Gasteiger partial charge in [0.15, 0.2) is 0 Å². The summed E-state index contributed by atoms with van der Waals surface area (Å²) in [5.41, 5.74) is 0.0271. The van der Waals surface area contributed by atoms with E-state index in [-0.39, 0.29) is 6.61 Å². The van der Waals surface area contributed by atoms with E-state index in [9.17, 15) is 9.90 Å². The van der Waals surface area contributed by atoms with Gasteiger partial charge in [-0.05, 0) is 20.8 Å². The highest BCUT2D eigenvalue weighted by Crippen LogP contribution is 2.09. The zero-order valence-corrected chi connectivity index (χ0v) is 12.2. The normalized spacial score (nSPS) is 12.7. The molecular weight excluding hydrogens is 262 g/mol. The first-order valence-corrected chi connectivity index (χ1v) is 6.29. The predicted molar refractivity (Wildman–Crippen MR) is 72.5 cm³/mol. The molecule has 1 rings (SSSR count). The number of aliphatic hydroxyl groups is 1. The number of ether oxygens (including phenoxy) is 2. The predicted octanol–water partition coefficient (Wildman–Crippen LogP) is 0.913. The molecule has 1 aromatic rings. The lowest BCUT2D eigenvalue weighted by molar-refractivity contribution is 0.0482.